The summed E-state index contributed by atoms with van der Waals surface area (Å²) in [5, 5.41) is 13.0. The molecule has 0 saturated heterocycles. The molecular weight excluding hydrogens is 368 g/mol. The third kappa shape index (κ3) is 3.88. The summed E-state index contributed by atoms with van der Waals surface area (Å²) in [5.41, 5.74) is 5.07. The van der Waals surface area contributed by atoms with Gasteiger partial charge in [-0.1, -0.05) is 12.1 Å². The average molecular weight is 393 g/mol. The Morgan fingerprint density at radius 1 is 1.00 bits per heavy atom. The number of benzene rings is 1. The average Bonchev–Trinajstić information content (AvgIpc) is 3.08. The molecule has 0 bridgehead atoms. The highest BCUT2D eigenvalue weighted by Crippen LogP contribution is 2.37. The van der Waals surface area contributed by atoms with Crippen LogP contribution in [-0.4, -0.2) is 11.7 Å². The molecule has 0 spiro atoms. The lowest BCUT2D eigenvalue weighted by Gasteiger charge is -2.16. The number of thiophene rings is 1. The van der Waals surface area contributed by atoms with Gasteiger partial charge in [0.1, 0.15) is 11.1 Å². The zero-order chi connectivity index (χ0) is 19.5. The predicted molar refractivity (Wildman–Crippen MR) is 111 cm³/mol. The molecule has 4 rings (SSSR count). The second-order valence-electron chi connectivity index (χ2n) is 7.69. The lowest BCUT2D eigenvalue weighted by molar-refractivity contribution is -0.116. The van der Waals surface area contributed by atoms with Crippen molar-refractivity contribution in [2.75, 3.05) is 5.32 Å². The van der Waals surface area contributed by atoms with Crippen molar-refractivity contribution in [1.29, 1.82) is 5.26 Å². The van der Waals surface area contributed by atoms with Crippen molar-refractivity contribution in [3.63, 3.8) is 0 Å². The maximum absolute atomic E-state index is 12.5. The number of aryl methyl sites for hydroxylation is 3. The standard InChI is InChI=1S/C23H24N2O2S/c24-14-19-18-7-3-4-8-21(18)28-23(19)25-22(27)12-11-20(26)17-10-9-15-5-1-2-6-16(15)13-17/h9-10,13H,1-8,11-12H2,(H,25,27). The second kappa shape index (κ2) is 8.28. The van der Waals surface area contributed by atoms with Crippen molar-refractivity contribution in [3.05, 3.63) is 50.9 Å². The number of amides is 1. The normalized spacial score (nSPS) is 15.2. The first kappa shape index (κ1) is 18.9. The van der Waals surface area contributed by atoms with Crippen molar-refractivity contribution in [3.8, 4) is 6.07 Å². The molecule has 0 radical (unpaired) electrons. The summed E-state index contributed by atoms with van der Waals surface area (Å²) in [6, 6.07) is 8.23. The Bertz CT molecular complexity index is 968. The summed E-state index contributed by atoms with van der Waals surface area (Å²) in [7, 11) is 0. The van der Waals surface area contributed by atoms with Gasteiger partial charge in [-0.15, -0.1) is 11.3 Å². The molecule has 1 aromatic carbocycles. The Hall–Kier alpha value is -2.45. The number of ketones is 1. The minimum absolute atomic E-state index is 0.00880. The lowest BCUT2D eigenvalue weighted by atomic mass is 9.89. The van der Waals surface area contributed by atoms with Gasteiger partial charge in [0, 0.05) is 23.3 Å². The molecule has 2 aliphatic rings. The van der Waals surface area contributed by atoms with E-state index in [1.165, 1.54) is 40.2 Å². The van der Waals surface area contributed by atoms with Gasteiger partial charge >= 0.3 is 0 Å². The second-order valence-corrected chi connectivity index (χ2v) is 8.79. The van der Waals surface area contributed by atoms with E-state index < -0.39 is 0 Å². The van der Waals surface area contributed by atoms with Crippen LogP contribution in [0.1, 0.15) is 76.0 Å². The van der Waals surface area contributed by atoms with Gasteiger partial charge < -0.3 is 5.32 Å². The smallest absolute Gasteiger partial charge is 0.225 e. The van der Waals surface area contributed by atoms with E-state index in [1.807, 2.05) is 12.1 Å². The molecule has 0 saturated carbocycles. The van der Waals surface area contributed by atoms with E-state index >= 15 is 0 Å². The van der Waals surface area contributed by atoms with Gasteiger partial charge in [0.15, 0.2) is 5.78 Å². The fraction of sp³-hybridized carbons (Fsp3) is 0.435. The highest BCUT2D eigenvalue weighted by atomic mass is 32.1. The molecule has 28 heavy (non-hydrogen) atoms. The lowest BCUT2D eigenvalue weighted by Crippen LogP contribution is -2.14. The Balaban J connectivity index is 1.38. The first-order chi connectivity index (χ1) is 13.7. The topological polar surface area (TPSA) is 70.0 Å². The summed E-state index contributed by atoms with van der Waals surface area (Å²) in [5.74, 6) is -0.184. The minimum Gasteiger partial charge on any atom is -0.317 e. The molecular formula is C23H24N2O2S. The van der Waals surface area contributed by atoms with Gasteiger partial charge in [-0.3, -0.25) is 9.59 Å². The number of anilines is 1. The van der Waals surface area contributed by atoms with E-state index in [2.05, 4.69) is 17.5 Å². The van der Waals surface area contributed by atoms with Crippen LogP contribution in [0.4, 0.5) is 5.00 Å². The third-order valence-corrected chi connectivity index (χ3v) is 6.99. The summed E-state index contributed by atoms with van der Waals surface area (Å²) >= 11 is 1.52. The van der Waals surface area contributed by atoms with Gasteiger partial charge in [0.05, 0.1) is 5.56 Å². The van der Waals surface area contributed by atoms with Gasteiger partial charge in [0.2, 0.25) is 5.91 Å². The van der Waals surface area contributed by atoms with Crippen LogP contribution in [-0.2, 0) is 30.5 Å². The Morgan fingerprint density at radius 3 is 2.57 bits per heavy atom. The van der Waals surface area contributed by atoms with Crippen molar-refractivity contribution in [1.82, 2.24) is 0 Å². The number of hydrogen-bond acceptors (Lipinski definition) is 4. The zero-order valence-electron chi connectivity index (χ0n) is 16.0. The summed E-state index contributed by atoms with van der Waals surface area (Å²) < 4.78 is 0. The van der Waals surface area contributed by atoms with Crippen molar-refractivity contribution in [2.24, 2.45) is 0 Å². The van der Waals surface area contributed by atoms with E-state index in [0.717, 1.165) is 44.1 Å². The van der Waals surface area contributed by atoms with Gasteiger partial charge in [-0.05, 0) is 74.1 Å². The van der Waals surface area contributed by atoms with Crippen LogP contribution in [0.3, 0.4) is 0 Å². The molecule has 4 nitrogen and oxygen atoms in total. The summed E-state index contributed by atoms with van der Waals surface area (Å²) in [6.45, 7) is 0. The SMILES string of the molecule is N#Cc1c(NC(=O)CCC(=O)c2ccc3c(c2)CCCC3)sc2c1CCCC2. The van der Waals surface area contributed by atoms with Gasteiger partial charge in [-0.2, -0.15) is 5.26 Å². The first-order valence-electron chi connectivity index (χ1n) is 10.1. The van der Waals surface area contributed by atoms with Gasteiger partial charge in [0.25, 0.3) is 0 Å². The van der Waals surface area contributed by atoms with Gasteiger partial charge in [-0.25, -0.2) is 0 Å². The highest BCUT2D eigenvalue weighted by Gasteiger charge is 2.22. The molecule has 5 heteroatoms. The molecule has 1 N–H and O–H groups in total. The minimum atomic E-state index is -0.193. The number of carbonyl (C=O) groups is 2. The molecule has 0 unspecified atom stereocenters. The maximum atomic E-state index is 12.5. The quantitative estimate of drug-likeness (QED) is 0.730. The number of Topliss-reactive ketones (excluding diaryl/α,β-unsaturated/α-hetero) is 1. The molecule has 2 aromatic rings. The van der Waals surface area contributed by atoms with Crippen LogP contribution in [0.25, 0.3) is 0 Å². The first-order valence-corrected chi connectivity index (χ1v) is 11.0. The van der Waals surface area contributed by atoms with Crippen molar-refractivity contribution < 1.29 is 9.59 Å². The number of nitriles is 1. The number of carbonyl (C=O) groups excluding carboxylic acids is 2. The molecule has 1 heterocycles. The molecule has 144 valence electrons. The Labute approximate surface area is 169 Å². The van der Waals surface area contributed by atoms with E-state index in [1.54, 1.807) is 0 Å². The molecule has 1 aromatic heterocycles. The predicted octanol–water partition coefficient (Wildman–Crippen LogP) is 4.98. The highest BCUT2D eigenvalue weighted by molar-refractivity contribution is 7.16. The number of rotatable bonds is 5. The van der Waals surface area contributed by atoms with Crippen molar-refractivity contribution >= 4 is 28.0 Å². The van der Waals surface area contributed by atoms with Crippen molar-refractivity contribution in [2.45, 2.75) is 64.2 Å². The molecule has 0 aliphatic heterocycles. The number of fused-ring (bicyclic) bond motifs is 2. The molecule has 0 fully saturated rings. The number of nitrogens with one attached hydrogen (secondary N) is 1. The molecule has 2 aliphatic carbocycles. The number of nitrogens with zero attached hydrogens (tertiary/aromatic N) is 1. The fourth-order valence-corrected chi connectivity index (χ4v) is 5.50. The zero-order valence-corrected chi connectivity index (χ0v) is 16.8. The molecule has 1 amide bonds. The van der Waals surface area contributed by atoms with Crippen LogP contribution < -0.4 is 5.32 Å². The Kier molecular flexibility index (Phi) is 5.59. The number of hydrogen-bond donors (Lipinski definition) is 1. The maximum Gasteiger partial charge on any atom is 0.225 e. The van der Waals surface area contributed by atoms with Crippen LogP contribution in [0.2, 0.25) is 0 Å². The molecule has 0 atom stereocenters. The third-order valence-electron chi connectivity index (χ3n) is 5.79. The van der Waals surface area contributed by atoms with E-state index in [-0.39, 0.29) is 24.5 Å². The largest absolute Gasteiger partial charge is 0.317 e. The van der Waals surface area contributed by atoms with E-state index in [4.69, 9.17) is 0 Å². The van der Waals surface area contributed by atoms with Crippen LogP contribution in [0.5, 0.6) is 0 Å². The van der Waals surface area contributed by atoms with E-state index in [9.17, 15) is 14.9 Å². The monoisotopic (exact) mass is 392 g/mol. The summed E-state index contributed by atoms with van der Waals surface area (Å²) in [4.78, 5) is 26.2. The summed E-state index contributed by atoms with van der Waals surface area (Å²) in [6.07, 6.45) is 9.01. The van der Waals surface area contributed by atoms with Crippen LogP contribution >= 0.6 is 11.3 Å². The fourth-order valence-electron chi connectivity index (χ4n) is 4.24. The Morgan fingerprint density at radius 2 is 1.75 bits per heavy atom. The van der Waals surface area contributed by atoms with Crippen LogP contribution in [0.15, 0.2) is 18.2 Å². The van der Waals surface area contributed by atoms with Crippen LogP contribution in [0, 0.1) is 11.3 Å². The van der Waals surface area contributed by atoms with E-state index in [0.29, 0.717) is 16.1 Å².